The maximum Gasteiger partial charge on any atom is 0.319 e. The molecular weight excluding hydrogens is 708 g/mol. The van der Waals surface area contributed by atoms with Crippen LogP contribution in [0.4, 0.5) is 19.0 Å². The van der Waals surface area contributed by atoms with E-state index in [1.54, 1.807) is 12.3 Å². The Labute approximate surface area is 317 Å². The smallest absolute Gasteiger partial charge is 0.319 e. The van der Waals surface area contributed by atoms with Crippen LogP contribution >= 0.6 is 0 Å². The molecule has 5 heterocycles. The van der Waals surface area contributed by atoms with Gasteiger partial charge in [-0.25, -0.2) is 13.2 Å². The number of aromatic hydroxyl groups is 1. The summed E-state index contributed by atoms with van der Waals surface area (Å²) in [4.78, 5) is 18.4. The fraction of sp³-hybridized carbons (Fsp3) is 0.548. The van der Waals surface area contributed by atoms with Crippen molar-refractivity contribution in [1.29, 1.82) is 0 Å². The molecule has 8 nitrogen and oxygen atoms in total. The third-order valence-electron chi connectivity index (χ3n) is 12.4. The van der Waals surface area contributed by atoms with Crippen molar-refractivity contribution in [1.82, 2.24) is 19.9 Å². The van der Waals surface area contributed by atoms with Crippen LogP contribution in [0.5, 0.6) is 11.8 Å². The molecule has 3 aliphatic rings. The Balaban J connectivity index is 1.41. The first-order chi connectivity index (χ1) is 25.8. The fourth-order valence-corrected chi connectivity index (χ4v) is 14.9. The van der Waals surface area contributed by atoms with Crippen LogP contribution < -0.4 is 9.64 Å². The number of pyridine rings is 1. The van der Waals surface area contributed by atoms with E-state index < -0.39 is 31.4 Å². The molecule has 12 heteroatoms. The molecule has 0 amide bonds. The number of hydrogen-bond donors (Lipinski definition) is 1. The molecule has 288 valence electrons. The van der Waals surface area contributed by atoms with Gasteiger partial charge in [0.25, 0.3) is 0 Å². The van der Waals surface area contributed by atoms with E-state index in [1.807, 2.05) is 0 Å². The van der Waals surface area contributed by atoms with Gasteiger partial charge in [0, 0.05) is 49.3 Å². The van der Waals surface area contributed by atoms with Crippen molar-refractivity contribution < 1.29 is 27.8 Å². The largest absolute Gasteiger partial charge is 0.508 e. The molecule has 0 bridgehead atoms. The summed E-state index contributed by atoms with van der Waals surface area (Å²) in [6.45, 7) is 18.2. The van der Waals surface area contributed by atoms with Crippen molar-refractivity contribution in [3.8, 4) is 34.5 Å². The fourth-order valence-electron chi connectivity index (χ4n) is 9.69. The second-order valence-corrected chi connectivity index (χ2v) is 22.1. The lowest BCUT2D eigenvalue weighted by molar-refractivity contribution is 0.107. The monoisotopic (exact) mass is 759 g/mol. The van der Waals surface area contributed by atoms with E-state index in [2.05, 4.69) is 79.7 Å². The SMILES string of the molecule is CC1CCOCCN1c1nc(OC[C@@]23CCCN2C[C@H](F)C3)nc2c(F)c(-c3cc(O)cc4ccc(F)c(C#C[Si](C(C)C)(C(C)C)C(C)C)c34)ncc12. The van der Waals surface area contributed by atoms with Gasteiger partial charge < -0.3 is 19.5 Å². The molecule has 3 aliphatic heterocycles. The summed E-state index contributed by atoms with van der Waals surface area (Å²) in [5.41, 5.74) is 4.37. The number of nitrogens with zero attached hydrogens (tertiary/aromatic N) is 5. The van der Waals surface area contributed by atoms with Crippen molar-refractivity contribution in [2.24, 2.45) is 0 Å². The van der Waals surface area contributed by atoms with E-state index in [9.17, 15) is 9.50 Å². The van der Waals surface area contributed by atoms with Gasteiger partial charge in [0.05, 0.1) is 23.1 Å². The van der Waals surface area contributed by atoms with Crippen LogP contribution in [0.25, 0.3) is 32.9 Å². The minimum atomic E-state index is -2.28. The summed E-state index contributed by atoms with van der Waals surface area (Å²) in [7, 11) is -2.28. The average molecular weight is 760 g/mol. The second-order valence-electron chi connectivity index (χ2n) is 16.5. The topological polar surface area (TPSA) is 83.8 Å². The molecule has 1 N–H and O–H groups in total. The van der Waals surface area contributed by atoms with Crippen molar-refractivity contribution in [2.45, 2.75) is 109 Å². The Bertz CT molecular complexity index is 2100. The predicted octanol–water partition coefficient (Wildman–Crippen LogP) is 8.97. The number of anilines is 1. The van der Waals surface area contributed by atoms with Gasteiger partial charge in [0.1, 0.15) is 49.4 Å². The highest BCUT2D eigenvalue weighted by Gasteiger charge is 2.49. The van der Waals surface area contributed by atoms with Crippen LogP contribution in [-0.2, 0) is 4.74 Å². The number of hydrogen-bond acceptors (Lipinski definition) is 8. The molecule has 3 fully saturated rings. The first-order valence-electron chi connectivity index (χ1n) is 19.5. The Hall–Kier alpha value is -3.92. The molecule has 7 rings (SSSR count). The van der Waals surface area contributed by atoms with Crippen LogP contribution in [0.1, 0.15) is 79.7 Å². The minimum absolute atomic E-state index is 0.00910. The number of ether oxygens (including phenoxy) is 2. The second kappa shape index (κ2) is 15.0. The van der Waals surface area contributed by atoms with E-state index >= 15 is 8.78 Å². The normalized spacial score (nSPS) is 22.4. The van der Waals surface area contributed by atoms with Gasteiger partial charge in [0.15, 0.2) is 5.82 Å². The predicted molar refractivity (Wildman–Crippen MR) is 211 cm³/mol. The summed E-state index contributed by atoms with van der Waals surface area (Å²) in [5.74, 6) is 2.35. The van der Waals surface area contributed by atoms with Gasteiger partial charge in [-0.3, -0.25) is 9.88 Å². The van der Waals surface area contributed by atoms with E-state index in [4.69, 9.17) is 14.5 Å². The Kier molecular flexibility index (Phi) is 10.6. The summed E-state index contributed by atoms with van der Waals surface area (Å²) < 4.78 is 60.1. The third kappa shape index (κ3) is 6.70. The maximum absolute atomic E-state index is 17.3. The van der Waals surface area contributed by atoms with E-state index in [0.29, 0.717) is 71.3 Å². The molecule has 1 unspecified atom stereocenters. The molecule has 54 heavy (non-hydrogen) atoms. The number of benzene rings is 2. The zero-order valence-corrected chi connectivity index (χ0v) is 33.5. The number of alkyl halides is 1. The van der Waals surface area contributed by atoms with Gasteiger partial charge in [0.2, 0.25) is 0 Å². The van der Waals surface area contributed by atoms with Crippen molar-refractivity contribution in [3.05, 3.63) is 47.7 Å². The molecule has 0 spiro atoms. The number of phenolic OH excluding ortho intramolecular Hbond substituents is 1. The van der Waals surface area contributed by atoms with Crippen LogP contribution in [-0.4, -0.2) is 90.2 Å². The number of halogens is 3. The molecule has 2 aromatic carbocycles. The molecular formula is C42H52F3N5O3Si. The number of fused-ring (bicyclic) bond motifs is 3. The minimum Gasteiger partial charge on any atom is -0.508 e. The third-order valence-corrected chi connectivity index (χ3v) is 18.7. The molecule has 0 radical (unpaired) electrons. The molecule has 2 aromatic heterocycles. The Morgan fingerprint density at radius 1 is 1.06 bits per heavy atom. The number of rotatable bonds is 8. The summed E-state index contributed by atoms with van der Waals surface area (Å²) in [5, 5.41) is 12.2. The standard InChI is InChI=1S/C42H52F3N5O3Si/c1-25(2)54(26(3)4,27(5)6)18-12-32-35(44)10-9-29-19-31(51)20-33(36(29)32)38-37(45)39-34(22-46-38)40(50-15-17-52-16-11-28(50)7)48-41(47-39)53-24-42-13-8-14-49(42)23-30(43)21-42/h9-10,19-20,22,25-28,30,51H,8,11,13-17,21,23-24H2,1-7H3/t28?,30-,42+/m1/s1. The number of aromatic nitrogens is 3. The van der Waals surface area contributed by atoms with Crippen LogP contribution in [0.15, 0.2) is 30.5 Å². The first-order valence-corrected chi connectivity index (χ1v) is 21.7. The van der Waals surface area contributed by atoms with Crippen LogP contribution in [0, 0.1) is 23.1 Å². The first kappa shape index (κ1) is 38.4. The molecule has 0 saturated carbocycles. The zero-order valence-electron chi connectivity index (χ0n) is 32.5. The van der Waals surface area contributed by atoms with Gasteiger partial charge in [-0.2, -0.15) is 9.97 Å². The summed E-state index contributed by atoms with van der Waals surface area (Å²) >= 11 is 0. The van der Waals surface area contributed by atoms with Crippen LogP contribution in [0.3, 0.4) is 0 Å². The van der Waals surface area contributed by atoms with Crippen molar-refractivity contribution >= 4 is 35.6 Å². The van der Waals surface area contributed by atoms with E-state index in [0.717, 1.165) is 25.8 Å². The number of phenols is 1. The highest BCUT2D eigenvalue weighted by Crippen LogP contribution is 2.43. The van der Waals surface area contributed by atoms with E-state index in [1.165, 1.54) is 18.2 Å². The van der Waals surface area contributed by atoms with Crippen molar-refractivity contribution in [2.75, 3.05) is 44.4 Å². The maximum atomic E-state index is 17.3. The summed E-state index contributed by atoms with van der Waals surface area (Å²) in [6, 6.07) is 5.87. The van der Waals surface area contributed by atoms with E-state index in [-0.39, 0.29) is 46.7 Å². The van der Waals surface area contributed by atoms with Crippen molar-refractivity contribution in [3.63, 3.8) is 0 Å². The molecule has 3 saturated heterocycles. The lowest BCUT2D eigenvalue weighted by atomic mass is 9.95. The van der Waals surface area contributed by atoms with Gasteiger partial charge in [-0.1, -0.05) is 53.5 Å². The molecule has 0 aliphatic carbocycles. The highest BCUT2D eigenvalue weighted by atomic mass is 28.3. The molecule has 4 aromatic rings. The molecule has 3 atom stereocenters. The lowest BCUT2D eigenvalue weighted by Gasteiger charge is -2.38. The van der Waals surface area contributed by atoms with Gasteiger partial charge in [-0.05, 0) is 72.9 Å². The summed E-state index contributed by atoms with van der Waals surface area (Å²) in [6.07, 6.45) is 3.49. The Morgan fingerprint density at radius 3 is 2.56 bits per heavy atom. The van der Waals surface area contributed by atoms with Crippen LogP contribution in [0.2, 0.25) is 16.6 Å². The highest BCUT2D eigenvalue weighted by molar-refractivity contribution is 6.90. The average Bonchev–Trinajstić information content (AvgIpc) is 3.55. The quantitative estimate of drug-likeness (QED) is 0.141. The lowest BCUT2D eigenvalue weighted by Crippen LogP contribution is -2.43. The van der Waals surface area contributed by atoms with Gasteiger partial charge in [-0.15, -0.1) is 5.54 Å². The zero-order chi connectivity index (χ0) is 38.5. The Morgan fingerprint density at radius 2 is 1.81 bits per heavy atom. The van der Waals surface area contributed by atoms with Gasteiger partial charge >= 0.3 is 6.01 Å².